The van der Waals surface area contributed by atoms with Crippen LogP contribution in [0.3, 0.4) is 0 Å². The van der Waals surface area contributed by atoms with Gasteiger partial charge in [0, 0.05) is 22.4 Å². The average Bonchev–Trinajstić information content (AvgIpc) is 3.20. The summed E-state index contributed by atoms with van der Waals surface area (Å²) < 4.78 is 6.40. The number of hydrogen-bond acceptors (Lipinski definition) is 4. The van der Waals surface area contributed by atoms with Crippen molar-refractivity contribution in [3.63, 3.8) is 0 Å². The number of para-hydroxylation sites is 1. The van der Waals surface area contributed by atoms with Crippen LogP contribution in [0, 0.1) is 0 Å². The Morgan fingerprint density at radius 1 is 0.926 bits per heavy atom. The van der Waals surface area contributed by atoms with Crippen molar-refractivity contribution in [1.82, 2.24) is 5.01 Å². The van der Waals surface area contributed by atoms with Gasteiger partial charge in [-0.15, -0.1) is 11.8 Å². The predicted molar refractivity (Wildman–Crippen MR) is 110 cm³/mol. The number of ether oxygens (including phenoxy) is 1. The van der Waals surface area contributed by atoms with Gasteiger partial charge in [0.1, 0.15) is 5.75 Å². The van der Waals surface area contributed by atoms with Crippen LogP contribution in [0.1, 0.15) is 35.4 Å². The van der Waals surface area contributed by atoms with Crippen LogP contribution in [0.15, 0.2) is 88.9 Å². The third kappa shape index (κ3) is 2.90. The van der Waals surface area contributed by atoms with Crippen molar-refractivity contribution in [1.29, 1.82) is 0 Å². The Kier molecular flexibility index (Phi) is 4.13. The van der Waals surface area contributed by atoms with Crippen molar-refractivity contribution >= 4 is 17.5 Å². The van der Waals surface area contributed by atoms with Gasteiger partial charge in [-0.2, -0.15) is 5.10 Å². The smallest absolute Gasteiger partial charge is 0.213 e. The highest BCUT2D eigenvalue weighted by Gasteiger charge is 2.40. The van der Waals surface area contributed by atoms with E-state index in [4.69, 9.17) is 9.84 Å². The Balaban J connectivity index is 1.57. The molecule has 4 heteroatoms. The van der Waals surface area contributed by atoms with Gasteiger partial charge in [-0.3, -0.25) is 0 Å². The molecule has 0 amide bonds. The zero-order valence-corrected chi connectivity index (χ0v) is 15.9. The van der Waals surface area contributed by atoms with E-state index >= 15 is 0 Å². The van der Waals surface area contributed by atoms with Gasteiger partial charge in [0.2, 0.25) is 6.23 Å². The summed E-state index contributed by atoms with van der Waals surface area (Å²) in [5, 5.41) is 7.14. The maximum absolute atomic E-state index is 6.40. The Morgan fingerprint density at radius 3 is 2.44 bits per heavy atom. The Hall–Kier alpha value is -2.72. The summed E-state index contributed by atoms with van der Waals surface area (Å²) in [4.78, 5) is 1.25. The quantitative estimate of drug-likeness (QED) is 0.555. The van der Waals surface area contributed by atoms with Gasteiger partial charge < -0.3 is 4.74 Å². The lowest BCUT2D eigenvalue weighted by molar-refractivity contribution is -0.0190. The van der Waals surface area contributed by atoms with Crippen molar-refractivity contribution in [3.8, 4) is 5.75 Å². The van der Waals surface area contributed by atoms with E-state index in [0.717, 1.165) is 23.4 Å². The topological polar surface area (TPSA) is 24.8 Å². The van der Waals surface area contributed by atoms with E-state index in [1.165, 1.54) is 16.0 Å². The first-order chi connectivity index (χ1) is 13.3. The third-order valence-corrected chi connectivity index (χ3v) is 5.95. The second kappa shape index (κ2) is 6.78. The van der Waals surface area contributed by atoms with Crippen molar-refractivity contribution in [2.45, 2.75) is 23.6 Å². The lowest BCUT2D eigenvalue weighted by atomic mass is 9.96. The molecule has 2 atom stereocenters. The van der Waals surface area contributed by atoms with E-state index in [0.29, 0.717) is 0 Å². The molecule has 5 rings (SSSR count). The van der Waals surface area contributed by atoms with E-state index in [-0.39, 0.29) is 12.3 Å². The number of hydrazone groups is 1. The van der Waals surface area contributed by atoms with Crippen molar-refractivity contribution < 1.29 is 4.74 Å². The fourth-order valence-electron chi connectivity index (χ4n) is 3.83. The number of benzene rings is 3. The molecule has 2 unspecified atom stereocenters. The number of fused-ring (bicyclic) bond motifs is 3. The summed E-state index contributed by atoms with van der Waals surface area (Å²) in [5.41, 5.74) is 4.64. The number of nitrogens with zero attached hydrogens (tertiary/aromatic N) is 2. The van der Waals surface area contributed by atoms with Crippen molar-refractivity contribution in [2.24, 2.45) is 5.10 Å². The molecule has 0 saturated carbocycles. The lowest BCUT2D eigenvalue weighted by Crippen LogP contribution is -2.33. The second-order valence-electron chi connectivity index (χ2n) is 6.79. The fourth-order valence-corrected chi connectivity index (χ4v) is 4.24. The van der Waals surface area contributed by atoms with Crippen molar-refractivity contribution in [2.75, 3.05) is 6.26 Å². The number of thioether (sulfide) groups is 1. The normalized spacial score (nSPS) is 20.5. The Bertz CT molecular complexity index is 985. The first-order valence-corrected chi connectivity index (χ1v) is 10.4. The molecule has 0 aromatic heterocycles. The first-order valence-electron chi connectivity index (χ1n) is 9.14. The van der Waals surface area contributed by atoms with E-state index < -0.39 is 0 Å². The second-order valence-corrected chi connectivity index (χ2v) is 7.67. The maximum Gasteiger partial charge on any atom is 0.213 e. The standard InChI is InChI=1S/C23H20N2OS/c1-27-18-13-11-17(12-14-18)23-25-21(19-9-5-6-10-22(19)26-23)15-20(24-25)16-7-3-2-4-8-16/h2-14,21,23H,15H2,1H3. The Morgan fingerprint density at radius 2 is 1.67 bits per heavy atom. The molecule has 0 aliphatic carbocycles. The van der Waals surface area contributed by atoms with Gasteiger partial charge in [0.05, 0.1) is 11.8 Å². The lowest BCUT2D eigenvalue weighted by Gasteiger charge is -2.38. The molecule has 0 saturated heterocycles. The zero-order chi connectivity index (χ0) is 18.2. The minimum absolute atomic E-state index is 0.204. The molecule has 27 heavy (non-hydrogen) atoms. The van der Waals surface area contributed by atoms with Gasteiger partial charge >= 0.3 is 0 Å². The molecular weight excluding hydrogens is 352 g/mol. The van der Waals surface area contributed by atoms with Crippen LogP contribution < -0.4 is 4.74 Å². The van der Waals surface area contributed by atoms with E-state index in [1.807, 2.05) is 12.1 Å². The largest absolute Gasteiger partial charge is 0.464 e. The summed E-state index contributed by atoms with van der Waals surface area (Å²) >= 11 is 1.75. The first kappa shape index (κ1) is 16.5. The minimum Gasteiger partial charge on any atom is -0.464 e. The highest BCUT2D eigenvalue weighted by Crippen LogP contribution is 2.47. The van der Waals surface area contributed by atoms with Crippen LogP contribution in [0.5, 0.6) is 5.75 Å². The van der Waals surface area contributed by atoms with Crippen LogP contribution in [-0.2, 0) is 0 Å². The molecule has 0 bridgehead atoms. The molecule has 0 spiro atoms. The predicted octanol–water partition coefficient (Wildman–Crippen LogP) is 5.65. The third-order valence-electron chi connectivity index (χ3n) is 5.21. The molecule has 0 N–H and O–H groups in total. The van der Waals surface area contributed by atoms with E-state index in [9.17, 15) is 0 Å². The molecule has 134 valence electrons. The molecule has 2 aliphatic rings. The molecule has 3 aromatic carbocycles. The molecule has 0 fully saturated rings. The van der Waals surface area contributed by atoms with Gasteiger partial charge in [-0.05, 0) is 30.0 Å². The monoisotopic (exact) mass is 372 g/mol. The average molecular weight is 372 g/mol. The van der Waals surface area contributed by atoms with Crippen LogP contribution in [-0.4, -0.2) is 17.0 Å². The van der Waals surface area contributed by atoms with Crippen LogP contribution in [0.2, 0.25) is 0 Å². The van der Waals surface area contributed by atoms with Gasteiger partial charge in [0.15, 0.2) is 0 Å². The van der Waals surface area contributed by atoms with Gasteiger partial charge in [-0.1, -0.05) is 60.7 Å². The highest BCUT2D eigenvalue weighted by atomic mass is 32.2. The molecular formula is C23H20N2OS. The van der Waals surface area contributed by atoms with E-state index in [2.05, 4.69) is 78.0 Å². The summed E-state index contributed by atoms with van der Waals surface area (Å²) in [6.45, 7) is 0. The minimum atomic E-state index is -0.206. The molecule has 3 nitrogen and oxygen atoms in total. The number of rotatable bonds is 3. The van der Waals surface area contributed by atoms with Crippen LogP contribution >= 0.6 is 11.8 Å². The summed E-state index contributed by atoms with van der Waals surface area (Å²) in [5.74, 6) is 0.960. The zero-order valence-electron chi connectivity index (χ0n) is 15.1. The SMILES string of the molecule is CSc1ccc(C2Oc3ccccc3C3CC(c4ccccc4)=NN32)cc1. The summed E-state index contributed by atoms with van der Waals surface area (Å²) in [6.07, 6.45) is 2.78. The summed E-state index contributed by atoms with van der Waals surface area (Å²) in [6, 6.07) is 27.6. The summed E-state index contributed by atoms with van der Waals surface area (Å²) in [7, 11) is 0. The highest BCUT2D eigenvalue weighted by molar-refractivity contribution is 7.98. The van der Waals surface area contributed by atoms with Gasteiger partial charge in [0.25, 0.3) is 0 Å². The molecule has 3 aromatic rings. The van der Waals surface area contributed by atoms with Gasteiger partial charge in [-0.25, -0.2) is 5.01 Å². The fraction of sp³-hybridized carbons (Fsp3) is 0.174. The molecule has 2 aliphatic heterocycles. The van der Waals surface area contributed by atoms with Crippen LogP contribution in [0.25, 0.3) is 0 Å². The van der Waals surface area contributed by atoms with E-state index in [1.54, 1.807) is 11.8 Å². The maximum atomic E-state index is 6.40. The molecule has 2 heterocycles. The van der Waals surface area contributed by atoms with Crippen molar-refractivity contribution in [3.05, 3.63) is 95.6 Å². The Labute approximate surface area is 163 Å². The van der Waals surface area contributed by atoms with Crippen LogP contribution in [0.4, 0.5) is 0 Å². The molecule has 0 radical (unpaired) electrons. The number of hydrogen-bond donors (Lipinski definition) is 0.